The van der Waals surface area contributed by atoms with Crippen LogP contribution in [0.5, 0.6) is 0 Å². The Bertz CT molecular complexity index is 4060. The average molecular weight is 1530 g/mol. The van der Waals surface area contributed by atoms with Gasteiger partial charge in [0.1, 0.15) is 55.9 Å². The van der Waals surface area contributed by atoms with E-state index in [0.717, 1.165) is 29.9 Å². The summed E-state index contributed by atoms with van der Waals surface area (Å²) >= 11 is 0. The fraction of sp³-hybridized carbons (Fsp3) is 0.632. The van der Waals surface area contributed by atoms with E-state index in [0.29, 0.717) is 22.3 Å². The fourth-order valence-corrected chi connectivity index (χ4v) is 13.6. The lowest BCUT2D eigenvalue weighted by Gasteiger charge is -2.25. The number of hydrogen-bond acceptors (Lipinski definition) is 28. The van der Waals surface area contributed by atoms with Gasteiger partial charge in [-0.25, -0.2) is 35.4 Å². The molecule has 8 rings (SSSR count). The first-order valence-electron chi connectivity index (χ1n) is 30.3. The highest BCUT2D eigenvalue weighted by Crippen LogP contribution is 2.49. The quantitative estimate of drug-likeness (QED) is 0.0265. The Morgan fingerprint density at radius 3 is 1.36 bits per heavy atom. The number of amides is 3. The molecule has 4 saturated heterocycles. The number of imide groups is 1. The predicted octanol–water partition coefficient (Wildman–Crippen LogP) is 0.680. The minimum atomic E-state index is -3.76. The molecule has 0 saturated carbocycles. The lowest BCUT2D eigenvalue weighted by atomic mass is 10.2. The van der Waals surface area contributed by atoms with E-state index < -0.39 is 144 Å². The molecule has 12 N–H and O–H groups in total. The highest BCUT2D eigenvalue weighted by molar-refractivity contribution is 7.53. The summed E-state index contributed by atoms with van der Waals surface area (Å²) in [5.74, 6) is -0.339. The third kappa shape index (κ3) is 28.1. The summed E-state index contributed by atoms with van der Waals surface area (Å²) in [6.45, 7) is 21.4. The summed E-state index contributed by atoms with van der Waals surface area (Å²) in [6.07, 6.45) is -0.409. The molecule has 0 radical (unpaired) electrons. The number of carbonyl (C=O) groups is 2. The molecule has 3 aromatic rings. The molecular weight excluding hydrogens is 1440 g/mol. The Balaban J connectivity index is 0.000000452. The molecule has 3 amide bonds. The summed E-state index contributed by atoms with van der Waals surface area (Å²) in [5, 5.41) is 17.2. The van der Waals surface area contributed by atoms with Crippen molar-refractivity contribution in [3.05, 3.63) is 134 Å². The Morgan fingerprint density at radius 1 is 0.637 bits per heavy atom. The second kappa shape index (κ2) is 41.7. The molecule has 572 valence electrons. The molecule has 16 unspecified atom stereocenters. The number of carbonyl (C=O) groups excluding carboxylic acids is 2. The van der Waals surface area contributed by atoms with Crippen LogP contribution in [0.15, 0.2) is 71.8 Å². The molecule has 0 aromatic carbocycles. The van der Waals surface area contributed by atoms with Crippen molar-refractivity contribution in [1.29, 1.82) is 10.5 Å². The third-order valence-corrected chi connectivity index (χ3v) is 17.9. The van der Waals surface area contributed by atoms with E-state index in [1.807, 2.05) is 6.07 Å². The molecule has 0 spiro atoms. The highest BCUT2D eigenvalue weighted by atomic mass is 31.2. The number of nitrogens with two attached hydrogens (primary N) is 1. The number of H-pyrrole nitrogens is 2. The number of aromatic amines is 2. The van der Waals surface area contributed by atoms with Crippen molar-refractivity contribution in [2.24, 2.45) is 0 Å². The van der Waals surface area contributed by atoms with E-state index in [2.05, 4.69) is 21.4 Å². The standard InChI is InChI=1S/2C15H22N3O7P.2C12H19N2O7P.C3H3N.H3N.H2O/c1-10-8-18(15(20)17-14(10)19)13-7-11(12(24-13)9-22-3)25-26(4,21)23-6-5-16-2;1-10-8-18(15(20)17(14(10)19)6-4-5-16)13-7-11(25-26(3,21)22)12(24-13)9-23-2;2*1-7-5-14(12(16)13-11(7)15)10-4-8(21-22(3,17)18)9(20-10)6-19-2;1-2-3-4;;/h8,11-13H,5-7,9H2,1,3-4H3,(H,17,19,20);8,11-13H,4,6-7,9H2,1-3H3,(H,21,22);2*5,8-10H,4,6H2,1-3H3,(H,17,18)(H,13,15,16);2H,1H2;1H3;1H2/p+1. The molecule has 45 heteroatoms. The number of quaternary nitrogens is 1. The van der Waals surface area contributed by atoms with E-state index in [1.54, 1.807) is 33.8 Å². The van der Waals surface area contributed by atoms with Crippen LogP contribution in [0.2, 0.25) is 0 Å². The molecule has 5 aliphatic rings. The van der Waals surface area contributed by atoms with Gasteiger partial charge >= 0.3 is 59.4 Å². The second-order valence-electron chi connectivity index (χ2n) is 23.0. The van der Waals surface area contributed by atoms with Gasteiger partial charge in [0, 0.05) is 135 Å². The van der Waals surface area contributed by atoms with Crippen LogP contribution in [0, 0.1) is 50.0 Å². The van der Waals surface area contributed by atoms with Crippen molar-refractivity contribution in [2.75, 3.05) is 94.7 Å². The van der Waals surface area contributed by atoms with E-state index in [1.165, 1.54) is 84.6 Å². The number of allylic oxidation sites excluding steroid dienone is 1. The topological polar surface area (TPSA) is 575 Å². The number of urea groups is 1. The number of methoxy groups -OCH3 is 4. The number of rotatable bonds is 25. The summed E-state index contributed by atoms with van der Waals surface area (Å²) in [6, 6.07) is 3.11. The molecule has 16 atom stereocenters. The fourth-order valence-electron chi connectivity index (χ4n) is 10.3. The van der Waals surface area contributed by atoms with Gasteiger partial charge in [-0.3, -0.25) is 60.9 Å². The maximum Gasteiger partial charge on any atom is 0.429 e. The first-order chi connectivity index (χ1) is 46.8. The van der Waals surface area contributed by atoms with Crippen LogP contribution >= 0.6 is 30.4 Å². The molecular formula is C57H91N12O29P4+. The molecule has 102 heavy (non-hydrogen) atoms. The number of aromatic nitrogens is 6. The van der Waals surface area contributed by atoms with Crippen molar-refractivity contribution in [1.82, 2.24) is 39.3 Å². The highest BCUT2D eigenvalue weighted by Gasteiger charge is 2.46. The van der Waals surface area contributed by atoms with Gasteiger partial charge in [-0.2, -0.15) is 15.8 Å². The van der Waals surface area contributed by atoms with Crippen molar-refractivity contribution in [3.8, 4) is 12.1 Å². The molecule has 4 fully saturated rings. The summed E-state index contributed by atoms with van der Waals surface area (Å²) in [5.41, 5.74) is -1.75. The van der Waals surface area contributed by atoms with Crippen LogP contribution in [-0.2, 0) is 90.1 Å². The Morgan fingerprint density at radius 2 is 1.00 bits per heavy atom. The van der Waals surface area contributed by atoms with Gasteiger partial charge in [0.15, 0.2) is 0 Å². The van der Waals surface area contributed by atoms with Crippen LogP contribution in [0.3, 0.4) is 0 Å². The van der Waals surface area contributed by atoms with Crippen molar-refractivity contribution in [3.63, 3.8) is 0 Å². The first kappa shape index (κ1) is 91.4. The number of nitrogens with zero attached hydrogens (tertiary/aromatic N) is 8. The first-order valence-corrected chi connectivity index (χ1v) is 38.4. The summed E-state index contributed by atoms with van der Waals surface area (Å²) in [4.78, 5) is 132. The van der Waals surface area contributed by atoms with Gasteiger partial charge in [-0.15, -0.1) is 0 Å². The number of ether oxygens (including phenoxy) is 8. The number of hydrogen-bond donors (Lipinski definition) is 7. The number of aryl methyl sites for hydroxylation is 3. The van der Waals surface area contributed by atoms with E-state index in [-0.39, 0.29) is 95.8 Å². The smallest absolute Gasteiger partial charge is 0.412 e. The van der Waals surface area contributed by atoms with Crippen LogP contribution in [0.4, 0.5) is 4.79 Å². The zero-order valence-corrected chi connectivity index (χ0v) is 61.8. The van der Waals surface area contributed by atoms with Crippen molar-refractivity contribution in [2.45, 2.75) is 140 Å². The average Bonchev–Trinajstić information content (AvgIpc) is 1.59. The van der Waals surface area contributed by atoms with E-state index in [4.69, 9.17) is 77.6 Å². The molecule has 3 aromatic heterocycles. The Kier molecular flexibility index (Phi) is 37.4. The number of nitrogens with one attached hydrogen (secondary N) is 2. The third-order valence-electron chi connectivity index (χ3n) is 14.6. The SMILES string of the molecule is C=CC#N.COCC1OC(N2C=C(C)C(=O)[NH2+]C2=O)CC1OP(C)(=O)O.COCC1OC(n2cc(C)c(=O)[nH]c2=O)CC1OP(C)(=O)O.COCC1OC(n2cc(C)c(=O)n(CCC#N)c2=O)CC1OP(C)(=O)O.N.O.[C-]#[N+]CCOP(C)(=O)OC1CC(n2cc(C)c(=O)[nH]c2=O)OC1COC. The van der Waals surface area contributed by atoms with Gasteiger partial charge < -0.3 is 91.7 Å². The lowest BCUT2D eigenvalue weighted by molar-refractivity contribution is -0.477. The van der Waals surface area contributed by atoms with Crippen molar-refractivity contribution < 1.29 is 114 Å². The maximum atomic E-state index is 12.7. The maximum absolute atomic E-state index is 12.7. The van der Waals surface area contributed by atoms with Gasteiger partial charge in [0.05, 0.1) is 75.0 Å². The van der Waals surface area contributed by atoms with Gasteiger partial charge in [0.2, 0.25) is 6.54 Å². The summed E-state index contributed by atoms with van der Waals surface area (Å²) < 4.78 is 121. The van der Waals surface area contributed by atoms with Gasteiger partial charge in [0.25, 0.3) is 16.7 Å². The van der Waals surface area contributed by atoms with Crippen LogP contribution in [0.25, 0.3) is 4.85 Å². The molecule has 0 aliphatic carbocycles. The Labute approximate surface area is 584 Å². The van der Waals surface area contributed by atoms with Crippen LogP contribution < -0.4 is 45.2 Å². The van der Waals surface area contributed by atoms with Gasteiger partial charge in [-0.05, 0) is 27.7 Å². The zero-order valence-electron chi connectivity index (χ0n) is 58.2. The van der Waals surface area contributed by atoms with E-state index >= 15 is 0 Å². The normalized spacial score (nSPS) is 25.8. The van der Waals surface area contributed by atoms with Gasteiger partial charge in [-0.1, -0.05) is 6.58 Å². The second-order valence-corrected chi connectivity index (χ2v) is 30.4. The largest absolute Gasteiger partial charge is 0.429 e. The van der Waals surface area contributed by atoms with E-state index in [9.17, 15) is 71.3 Å². The zero-order chi connectivity index (χ0) is 75.2. The van der Waals surface area contributed by atoms with Crippen molar-refractivity contribution >= 4 is 42.3 Å². The van der Waals surface area contributed by atoms with Crippen LogP contribution in [-0.4, -0.2) is 215 Å². The predicted molar refractivity (Wildman–Crippen MR) is 358 cm³/mol. The minimum Gasteiger partial charge on any atom is -0.412 e. The molecule has 5 aliphatic heterocycles. The molecule has 41 nitrogen and oxygen atoms in total. The van der Waals surface area contributed by atoms with Crippen LogP contribution in [0.1, 0.15) is 74.4 Å². The monoisotopic (exact) mass is 1530 g/mol. The lowest BCUT2D eigenvalue weighted by Crippen LogP contribution is -2.95. The Hall–Kier alpha value is -6.71. The summed E-state index contributed by atoms with van der Waals surface area (Å²) in [7, 11) is -8.68. The minimum absolute atomic E-state index is 0. The number of nitriles is 2. The number of primary amides is 2. The molecule has 0 bridgehead atoms. The molecule has 8 heterocycles.